The van der Waals surface area contributed by atoms with Gasteiger partial charge in [-0.2, -0.15) is 0 Å². The van der Waals surface area contributed by atoms with E-state index in [0.717, 1.165) is 12.8 Å². The van der Waals surface area contributed by atoms with E-state index in [9.17, 15) is 14.4 Å². The second-order valence-electron chi connectivity index (χ2n) is 6.47. The summed E-state index contributed by atoms with van der Waals surface area (Å²) in [5.41, 5.74) is 1.16. The maximum atomic E-state index is 12.5. The predicted molar refractivity (Wildman–Crippen MR) is 90.3 cm³/mol. The van der Waals surface area contributed by atoms with E-state index in [4.69, 9.17) is 9.84 Å². The van der Waals surface area contributed by atoms with Gasteiger partial charge in [-0.05, 0) is 49.9 Å². The molecule has 0 aromatic heterocycles. The average molecular weight is 346 g/mol. The smallest absolute Gasteiger partial charge is 0.306 e. The molecule has 134 valence electrons. The van der Waals surface area contributed by atoms with E-state index in [-0.39, 0.29) is 17.7 Å². The maximum absolute atomic E-state index is 12.5. The fraction of sp³-hybridized carbons (Fsp3) is 0.500. The highest BCUT2D eigenvalue weighted by atomic mass is 16.5. The lowest BCUT2D eigenvalue weighted by molar-refractivity contribution is -0.143. The third-order valence-electron chi connectivity index (χ3n) is 4.75. The monoisotopic (exact) mass is 346 g/mol. The standard InChI is InChI=1S/C18H22N2O5/c21-16(15-2-1-11-25-15)19-14-5-3-12(4-6-14)17(22)20-9-7-13(8-10-20)18(23)24/h3-6,13,15H,1-2,7-11H2,(H,19,21)(H,23,24)/t15-/m1/s1. The number of nitrogens with zero attached hydrogens (tertiary/aromatic N) is 1. The number of carbonyl (C=O) groups is 3. The first-order chi connectivity index (χ1) is 12.0. The van der Waals surface area contributed by atoms with Crippen LogP contribution in [-0.4, -0.2) is 53.6 Å². The van der Waals surface area contributed by atoms with Crippen molar-refractivity contribution >= 4 is 23.5 Å². The van der Waals surface area contributed by atoms with Crippen molar-refractivity contribution in [2.45, 2.75) is 31.8 Å². The van der Waals surface area contributed by atoms with Crippen LogP contribution in [0.5, 0.6) is 0 Å². The molecule has 1 atom stereocenters. The van der Waals surface area contributed by atoms with Crippen LogP contribution in [0.4, 0.5) is 5.69 Å². The molecule has 7 heteroatoms. The lowest BCUT2D eigenvalue weighted by Crippen LogP contribution is -2.40. The van der Waals surface area contributed by atoms with Crippen LogP contribution in [0.1, 0.15) is 36.0 Å². The van der Waals surface area contributed by atoms with Crippen molar-refractivity contribution in [2.24, 2.45) is 5.92 Å². The average Bonchev–Trinajstić information content (AvgIpc) is 3.17. The van der Waals surface area contributed by atoms with Crippen molar-refractivity contribution in [1.82, 2.24) is 4.90 Å². The first-order valence-electron chi connectivity index (χ1n) is 8.59. The molecule has 3 rings (SSSR count). The van der Waals surface area contributed by atoms with E-state index in [1.165, 1.54) is 0 Å². The van der Waals surface area contributed by atoms with Gasteiger partial charge in [0.1, 0.15) is 6.10 Å². The second-order valence-corrected chi connectivity index (χ2v) is 6.47. The van der Waals surface area contributed by atoms with Crippen molar-refractivity contribution in [3.05, 3.63) is 29.8 Å². The zero-order valence-corrected chi connectivity index (χ0v) is 13.9. The molecule has 0 aliphatic carbocycles. The Hall–Kier alpha value is -2.41. The Kier molecular flexibility index (Phi) is 5.33. The molecule has 0 unspecified atom stereocenters. The summed E-state index contributed by atoms with van der Waals surface area (Å²) >= 11 is 0. The Morgan fingerprint density at radius 2 is 1.76 bits per heavy atom. The summed E-state index contributed by atoms with van der Waals surface area (Å²) in [6.45, 7) is 1.52. The number of aliphatic carboxylic acids is 1. The molecular formula is C18H22N2O5. The van der Waals surface area contributed by atoms with Crippen molar-refractivity contribution in [2.75, 3.05) is 25.0 Å². The SMILES string of the molecule is O=C(O)C1CCN(C(=O)c2ccc(NC(=O)[C@H]3CCCO3)cc2)CC1. The molecule has 2 saturated heterocycles. The first-order valence-corrected chi connectivity index (χ1v) is 8.59. The van der Waals surface area contributed by atoms with Crippen LogP contribution in [0.2, 0.25) is 0 Å². The minimum Gasteiger partial charge on any atom is -0.481 e. The molecule has 7 nitrogen and oxygen atoms in total. The highest BCUT2D eigenvalue weighted by Gasteiger charge is 2.27. The molecule has 2 N–H and O–H groups in total. The van der Waals surface area contributed by atoms with Crippen molar-refractivity contribution in [1.29, 1.82) is 0 Å². The van der Waals surface area contributed by atoms with Crippen LogP contribution in [0.3, 0.4) is 0 Å². The number of anilines is 1. The molecule has 1 aromatic carbocycles. The predicted octanol–water partition coefficient (Wildman–Crippen LogP) is 1.74. The van der Waals surface area contributed by atoms with Gasteiger partial charge in [-0.3, -0.25) is 14.4 Å². The van der Waals surface area contributed by atoms with E-state index >= 15 is 0 Å². The van der Waals surface area contributed by atoms with Gasteiger partial charge in [0.05, 0.1) is 5.92 Å². The molecule has 1 aromatic rings. The number of amides is 2. The molecule has 2 aliphatic rings. The molecule has 2 fully saturated rings. The number of carboxylic acids is 1. The highest BCUT2D eigenvalue weighted by molar-refractivity contribution is 5.97. The van der Waals surface area contributed by atoms with Gasteiger partial charge in [0.25, 0.3) is 11.8 Å². The number of hydrogen-bond acceptors (Lipinski definition) is 4. The molecule has 0 saturated carbocycles. The number of nitrogens with one attached hydrogen (secondary N) is 1. The van der Waals surface area contributed by atoms with Crippen LogP contribution in [0.15, 0.2) is 24.3 Å². The maximum Gasteiger partial charge on any atom is 0.306 e. The fourth-order valence-corrected chi connectivity index (χ4v) is 3.22. The molecule has 2 amide bonds. The van der Waals surface area contributed by atoms with Gasteiger partial charge >= 0.3 is 5.97 Å². The van der Waals surface area contributed by atoms with E-state index < -0.39 is 12.1 Å². The number of rotatable bonds is 4. The van der Waals surface area contributed by atoms with E-state index in [1.807, 2.05) is 0 Å². The molecular weight excluding hydrogens is 324 g/mol. The number of piperidine rings is 1. The fourth-order valence-electron chi connectivity index (χ4n) is 3.22. The Bertz CT molecular complexity index is 644. The number of benzene rings is 1. The van der Waals surface area contributed by atoms with Gasteiger partial charge in [-0.1, -0.05) is 0 Å². The largest absolute Gasteiger partial charge is 0.481 e. The zero-order valence-electron chi connectivity index (χ0n) is 13.9. The van der Waals surface area contributed by atoms with Gasteiger partial charge in [0.15, 0.2) is 0 Å². The van der Waals surface area contributed by atoms with E-state index in [0.29, 0.717) is 43.8 Å². The summed E-state index contributed by atoms with van der Waals surface area (Å²) in [6.07, 6.45) is 2.20. The van der Waals surface area contributed by atoms with Crippen LogP contribution < -0.4 is 5.32 Å². The van der Waals surface area contributed by atoms with Crippen LogP contribution in [0.25, 0.3) is 0 Å². The summed E-state index contributed by atoms with van der Waals surface area (Å²) in [5.74, 6) is -1.42. The topological polar surface area (TPSA) is 95.9 Å². The summed E-state index contributed by atoms with van der Waals surface area (Å²) in [6, 6.07) is 6.75. The van der Waals surface area contributed by atoms with Gasteiger partial charge < -0.3 is 20.1 Å². The van der Waals surface area contributed by atoms with E-state index in [1.54, 1.807) is 29.2 Å². The van der Waals surface area contributed by atoms with Gasteiger partial charge in [-0.25, -0.2) is 0 Å². The highest BCUT2D eigenvalue weighted by Crippen LogP contribution is 2.20. The van der Waals surface area contributed by atoms with Crippen molar-refractivity contribution in [3.63, 3.8) is 0 Å². The number of hydrogen-bond donors (Lipinski definition) is 2. The van der Waals surface area contributed by atoms with Gasteiger partial charge in [-0.15, -0.1) is 0 Å². The number of ether oxygens (including phenoxy) is 1. The molecule has 0 radical (unpaired) electrons. The number of likely N-dealkylation sites (tertiary alicyclic amines) is 1. The Morgan fingerprint density at radius 3 is 2.32 bits per heavy atom. The number of carboxylic acid groups (broad SMARTS) is 1. The normalized spacial score (nSPS) is 21.1. The lowest BCUT2D eigenvalue weighted by atomic mass is 9.96. The third kappa shape index (κ3) is 4.17. The molecule has 25 heavy (non-hydrogen) atoms. The molecule has 0 spiro atoms. The Morgan fingerprint density at radius 1 is 1.08 bits per heavy atom. The summed E-state index contributed by atoms with van der Waals surface area (Å²) < 4.78 is 5.34. The van der Waals surface area contributed by atoms with Crippen molar-refractivity contribution < 1.29 is 24.2 Å². The van der Waals surface area contributed by atoms with Gasteiger partial charge in [0.2, 0.25) is 0 Å². The Labute approximate surface area is 146 Å². The Balaban J connectivity index is 1.55. The summed E-state index contributed by atoms with van der Waals surface area (Å²) in [4.78, 5) is 37.2. The molecule has 2 aliphatic heterocycles. The molecule has 2 heterocycles. The van der Waals surface area contributed by atoms with E-state index in [2.05, 4.69) is 5.32 Å². The summed E-state index contributed by atoms with van der Waals surface area (Å²) in [7, 11) is 0. The molecule has 0 bridgehead atoms. The second kappa shape index (κ2) is 7.65. The van der Waals surface area contributed by atoms with Crippen molar-refractivity contribution in [3.8, 4) is 0 Å². The third-order valence-corrected chi connectivity index (χ3v) is 4.75. The minimum atomic E-state index is -0.793. The quantitative estimate of drug-likeness (QED) is 0.866. The van der Waals surface area contributed by atoms with Gasteiger partial charge in [0, 0.05) is 30.9 Å². The zero-order chi connectivity index (χ0) is 17.8. The van der Waals surface area contributed by atoms with Crippen LogP contribution in [-0.2, 0) is 14.3 Å². The number of carbonyl (C=O) groups excluding carboxylic acids is 2. The summed E-state index contributed by atoms with van der Waals surface area (Å²) in [5, 5.41) is 11.8. The van der Waals surface area contributed by atoms with Crippen LogP contribution >= 0.6 is 0 Å². The lowest BCUT2D eigenvalue weighted by Gasteiger charge is -2.30. The first kappa shape index (κ1) is 17.4. The van der Waals surface area contributed by atoms with Crippen LogP contribution in [0, 0.1) is 5.92 Å². The minimum absolute atomic E-state index is 0.110.